The molecule has 13 heteroatoms. The lowest BCUT2D eigenvalue weighted by Crippen LogP contribution is -2.50. The molecule has 2 aromatic heterocycles. The van der Waals surface area contributed by atoms with E-state index in [1.165, 1.54) is 15.9 Å². The van der Waals surface area contributed by atoms with Gasteiger partial charge in [-0.3, -0.25) is 13.9 Å². The first kappa shape index (κ1) is 25.3. The number of fused-ring (bicyclic) bond motifs is 1. The molecular formula is C23H28F3N5O3S2. The number of hydrogen-bond acceptors (Lipinski definition) is 7. The lowest BCUT2D eigenvalue weighted by atomic mass is 10.1. The highest BCUT2D eigenvalue weighted by Crippen LogP contribution is 2.47. The molecule has 36 heavy (non-hydrogen) atoms. The number of halogens is 3. The summed E-state index contributed by atoms with van der Waals surface area (Å²) in [4.78, 5) is 22.5. The summed E-state index contributed by atoms with van der Waals surface area (Å²) in [5.41, 5.74) is 6.35. The number of aromatic nitrogens is 2. The van der Waals surface area contributed by atoms with Crippen LogP contribution in [0.4, 0.5) is 19.1 Å². The number of alkyl halides is 1. The topological polar surface area (TPSA) is 108 Å². The quantitative estimate of drug-likeness (QED) is 0.437. The minimum absolute atomic E-state index is 0.0976. The molecule has 2 aliphatic rings. The van der Waals surface area contributed by atoms with Gasteiger partial charge in [0.15, 0.2) is 11.6 Å². The fourth-order valence-corrected chi connectivity index (χ4v) is 7.38. The third-order valence-electron chi connectivity index (χ3n) is 6.82. The van der Waals surface area contributed by atoms with E-state index in [0.29, 0.717) is 19.5 Å². The van der Waals surface area contributed by atoms with E-state index in [9.17, 15) is 27.1 Å². The van der Waals surface area contributed by atoms with Crippen LogP contribution in [0.2, 0.25) is 0 Å². The zero-order chi connectivity index (χ0) is 25.6. The predicted molar refractivity (Wildman–Crippen MR) is 135 cm³/mol. The number of hydrogen-bond donors (Lipinski definition) is 3. The smallest absolute Gasteiger partial charge is 0.243 e. The standard InChI is InChI=1S/C23H28F3N5O3S2/c24-16-3-5-29(11-19(16)27)23-28-20-8-17(25)18(26)9-21(20)31(23)12-22(32)30(10-15-2-1-6-35-15)14-4-7-36(33,34)13-14/h1-2,6,8-9,14,16,19,33-34H,3-5,7,10-13,27H2/t14?,16-,19-/m1/s1. The van der Waals surface area contributed by atoms with Crippen molar-refractivity contribution in [2.45, 2.75) is 44.2 Å². The first-order valence-electron chi connectivity index (χ1n) is 11.7. The average Bonchev–Trinajstić information content (AvgIpc) is 3.54. The number of carbonyl (C=O) groups excluding carboxylic acids is 1. The van der Waals surface area contributed by atoms with Gasteiger partial charge in [0.2, 0.25) is 11.9 Å². The third-order valence-corrected chi connectivity index (χ3v) is 9.49. The van der Waals surface area contributed by atoms with Crippen LogP contribution in [0.25, 0.3) is 11.0 Å². The fourth-order valence-electron chi connectivity index (χ4n) is 4.90. The molecule has 2 fully saturated rings. The van der Waals surface area contributed by atoms with E-state index in [2.05, 4.69) is 4.98 Å². The van der Waals surface area contributed by atoms with E-state index in [-0.39, 0.29) is 59.9 Å². The van der Waals surface area contributed by atoms with Crippen molar-refractivity contribution in [2.75, 3.05) is 29.5 Å². The summed E-state index contributed by atoms with van der Waals surface area (Å²) in [5.74, 6) is -1.83. The Kier molecular flexibility index (Phi) is 6.94. The van der Waals surface area contributed by atoms with Crippen LogP contribution in [0, 0.1) is 11.6 Å². The number of imidazole rings is 1. The second-order valence-electron chi connectivity index (χ2n) is 9.38. The highest BCUT2D eigenvalue weighted by Gasteiger charge is 2.36. The molecule has 8 nitrogen and oxygen atoms in total. The van der Waals surface area contributed by atoms with Gasteiger partial charge < -0.3 is 20.1 Å². The monoisotopic (exact) mass is 543 g/mol. The van der Waals surface area contributed by atoms with Crippen molar-refractivity contribution < 1.29 is 27.1 Å². The molecule has 1 unspecified atom stereocenters. The van der Waals surface area contributed by atoms with Crippen LogP contribution in [-0.2, 0) is 17.9 Å². The van der Waals surface area contributed by atoms with Crippen molar-refractivity contribution in [3.63, 3.8) is 0 Å². The van der Waals surface area contributed by atoms with Crippen LogP contribution in [0.1, 0.15) is 17.7 Å². The van der Waals surface area contributed by atoms with Gasteiger partial charge in [0.25, 0.3) is 0 Å². The van der Waals surface area contributed by atoms with Crippen molar-refractivity contribution in [3.05, 3.63) is 46.2 Å². The van der Waals surface area contributed by atoms with Gasteiger partial charge in [-0.15, -0.1) is 11.3 Å². The largest absolute Gasteiger partial charge is 0.340 e. The molecule has 196 valence electrons. The summed E-state index contributed by atoms with van der Waals surface area (Å²) in [5, 5.41) is 1.90. The van der Waals surface area contributed by atoms with Crippen molar-refractivity contribution in [2.24, 2.45) is 5.73 Å². The van der Waals surface area contributed by atoms with Gasteiger partial charge in [0.1, 0.15) is 12.7 Å². The van der Waals surface area contributed by atoms with E-state index >= 15 is 0 Å². The van der Waals surface area contributed by atoms with E-state index in [1.54, 1.807) is 9.80 Å². The van der Waals surface area contributed by atoms with Crippen LogP contribution in [0.3, 0.4) is 0 Å². The molecule has 3 aromatic rings. The molecule has 0 saturated carbocycles. The van der Waals surface area contributed by atoms with E-state index in [1.807, 2.05) is 17.5 Å². The molecule has 5 rings (SSSR count). The summed E-state index contributed by atoms with van der Waals surface area (Å²) >= 11 is 1.49. The second kappa shape index (κ2) is 9.86. The Balaban J connectivity index is 1.50. The number of nitrogens with zero attached hydrogens (tertiary/aromatic N) is 4. The number of amides is 1. The van der Waals surface area contributed by atoms with Gasteiger partial charge in [-0.05, 0) is 24.3 Å². The highest BCUT2D eigenvalue weighted by atomic mass is 32.3. The first-order valence-corrected chi connectivity index (χ1v) is 14.4. The maximum atomic E-state index is 14.2. The predicted octanol–water partition coefficient (Wildman–Crippen LogP) is 3.80. The van der Waals surface area contributed by atoms with E-state index in [0.717, 1.165) is 17.0 Å². The minimum atomic E-state index is -2.76. The minimum Gasteiger partial charge on any atom is -0.340 e. The fraction of sp³-hybridized carbons (Fsp3) is 0.478. The molecule has 2 saturated heterocycles. The number of benzene rings is 1. The van der Waals surface area contributed by atoms with Crippen molar-refractivity contribution in [1.29, 1.82) is 0 Å². The molecule has 0 radical (unpaired) electrons. The van der Waals surface area contributed by atoms with Crippen LogP contribution >= 0.6 is 21.9 Å². The molecule has 2 aliphatic heterocycles. The van der Waals surface area contributed by atoms with Gasteiger partial charge in [-0.2, -0.15) is 10.6 Å². The molecular weight excluding hydrogens is 515 g/mol. The van der Waals surface area contributed by atoms with Gasteiger partial charge in [-0.25, -0.2) is 18.2 Å². The Morgan fingerprint density at radius 2 is 2.06 bits per heavy atom. The number of anilines is 1. The molecule has 4 N–H and O–H groups in total. The van der Waals surface area contributed by atoms with Gasteiger partial charge in [0, 0.05) is 35.9 Å². The normalized spacial score (nSPS) is 24.8. The van der Waals surface area contributed by atoms with Crippen LogP contribution in [0.15, 0.2) is 29.6 Å². The van der Waals surface area contributed by atoms with Crippen LogP contribution in [0.5, 0.6) is 0 Å². The third kappa shape index (κ3) is 5.07. The number of thiophene rings is 1. The summed E-state index contributed by atoms with van der Waals surface area (Å²) in [6.45, 7) is 0.494. The Hall–Kier alpha value is -2.32. The zero-order valence-electron chi connectivity index (χ0n) is 19.4. The van der Waals surface area contributed by atoms with Crippen molar-refractivity contribution in [3.8, 4) is 0 Å². The lowest BCUT2D eigenvalue weighted by Gasteiger charge is -2.35. The number of rotatable bonds is 6. The van der Waals surface area contributed by atoms with E-state index < -0.39 is 34.4 Å². The van der Waals surface area contributed by atoms with Crippen LogP contribution < -0.4 is 10.6 Å². The highest BCUT2D eigenvalue weighted by molar-refractivity contribution is 8.24. The Morgan fingerprint density at radius 3 is 2.72 bits per heavy atom. The van der Waals surface area contributed by atoms with Crippen molar-refractivity contribution in [1.82, 2.24) is 14.5 Å². The molecule has 0 bridgehead atoms. The summed E-state index contributed by atoms with van der Waals surface area (Å²) < 4.78 is 64.2. The average molecular weight is 544 g/mol. The van der Waals surface area contributed by atoms with Gasteiger partial charge in [-0.1, -0.05) is 6.07 Å². The molecule has 0 aliphatic carbocycles. The molecule has 1 amide bonds. The first-order chi connectivity index (χ1) is 17.1. The van der Waals surface area contributed by atoms with E-state index in [4.69, 9.17) is 5.73 Å². The summed E-state index contributed by atoms with van der Waals surface area (Å²) in [7, 11) is -2.76. The Bertz CT molecular complexity index is 1260. The number of carbonyl (C=O) groups is 1. The molecule has 3 atom stereocenters. The summed E-state index contributed by atoms with van der Waals surface area (Å²) in [6.07, 6.45) is -0.541. The van der Waals surface area contributed by atoms with Crippen molar-refractivity contribution >= 4 is 44.8 Å². The number of nitrogens with two attached hydrogens (primary N) is 1. The Labute approximate surface area is 211 Å². The second-order valence-corrected chi connectivity index (χ2v) is 12.8. The van der Waals surface area contributed by atoms with Gasteiger partial charge >= 0.3 is 0 Å². The van der Waals surface area contributed by atoms with Crippen LogP contribution in [-0.4, -0.2) is 72.3 Å². The van der Waals surface area contributed by atoms with Gasteiger partial charge in [0.05, 0.1) is 35.4 Å². The SMILES string of the molecule is N[C@@H]1CN(c2nc3cc(F)c(F)cc3n2CC(=O)N(Cc2cccs2)C2CCS(O)(O)C2)CC[C@H]1F. The number of piperidine rings is 1. The maximum absolute atomic E-state index is 14.2. The molecule has 4 heterocycles. The Morgan fingerprint density at radius 1 is 1.28 bits per heavy atom. The summed E-state index contributed by atoms with van der Waals surface area (Å²) in [6, 6.07) is 4.64. The molecule has 1 aromatic carbocycles. The lowest BCUT2D eigenvalue weighted by molar-refractivity contribution is -0.134. The zero-order valence-corrected chi connectivity index (χ0v) is 21.0. The maximum Gasteiger partial charge on any atom is 0.243 e. The molecule has 0 spiro atoms.